The summed E-state index contributed by atoms with van der Waals surface area (Å²) < 4.78 is 9.67. The van der Waals surface area contributed by atoms with Crippen LogP contribution in [0.5, 0.6) is 0 Å². The lowest BCUT2D eigenvalue weighted by molar-refractivity contribution is -0.140. The second kappa shape index (κ2) is 9.13. The summed E-state index contributed by atoms with van der Waals surface area (Å²) >= 11 is 0. The monoisotopic (exact) mass is 280 g/mol. The van der Waals surface area contributed by atoms with E-state index in [1.54, 1.807) is 13.8 Å². The molecule has 0 saturated heterocycles. The highest BCUT2D eigenvalue weighted by atomic mass is 16.5. The van der Waals surface area contributed by atoms with Crippen molar-refractivity contribution in [1.82, 2.24) is 0 Å². The van der Waals surface area contributed by atoms with Crippen molar-refractivity contribution in [2.75, 3.05) is 13.2 Å². The molecule has 110 valence electrons. The van der Waals surface area contributed by atoms with Gasteiger partial charge in [-0.1, -0.05) is 11.3 Å². The molecule has 1 aliphatic rings. The Kier molecular flexibility index (Phi) is 7.41. The predicted molar refractivity (Wildman–Crippen MR) is 75.5 cm³/mol. The Labute approximate surface area is 119 Å². The molecule has 0 aliphatic heterocycles. The Hall–Kier alpha value is -1.83. The van der Waals surface area contributed by atoms with Crippen molar-refractivity contribution < 1.29 is 19.1 Å². The van der Waals surface area contributed by atoms with Crippen molar-refractivity contribution in [2.24, 2.45) is 0 Å². The van der Waals surface area contributed by atoms with Crippen LogP contribution in [0.15, 0.2) is 11.6 Å². The summed E-state index contributed by atoms with van der Waals surface area (Å²) in [4.78, 5) is 27.4. The SMILES string of the molecule is CCOC(=O)C=C(C#[N+]C1CCCCC1)C(=O)OCC. The number of nitrogens with zero attached hydrogens (tertiary/aromatic N) is 1. The molecule has 0 bridgehead atoms. The molecule has 0 spiro atoms. The van der Waals surface area contributed by atoms with E-state index in [9.17, 15) is 9.59 Å². The zero-order valence-corrected chi connectivity index (χ0v) is 12.2. The Balaban J connectivity index is 2.78. The van der Waals surface area contributed by atoms with E-state index >= 15 is 0 Å². The van der Waals surface area contributed by atoms with Crippen LogP contribution in [-0.2, 0) is 19.1 Å². The van der Waals surface area contributed by atoms with Crippen LogP contribution in [0.1, 0.15) is 46.0 Å². The zero-order chi connectivity index (χ0) is 14.8. The van der Waals surface area contributed by atoms with Gasteiger partial charge in [0, 0.05) is 12.8 Å². The topological polar surface area (TPSA) is 57.0 Å². The second-order valence-electron chi connectivity index (χ2n) is 4.56. The number of ether oxygens (including phenoxy) is 2. The van der Waals surface area contributed by atoms with Gasteiger partial charge in [-0.15, -0.1) is 0 Å². The van der Waals surface area contributed by atoms with Crippen molar-refractivity contribution in [1.29, 1.82) is 0 Å². The summed E-state index contributed by atoms with van der Waals surface area (Å²) in [7, 11) is 0. The maximum Gasteiger partial charge on any atom is 0.353 e. The first-order valence-electron chi connectivity index (χ1n) is 7.18. The molecular formula is C15H22NO4+. The first-order chi connectivity index (χ1) is 9.67. The van der Waals surface area contributed by atoms with Crippen LogP contribution in [-0.4, -0.2) is 31.2 Å². The average Bonchev–Trinajstić information content (AvgIpc) is 2.45. The lowest BCUT2D eigenvalue weighted by Crippen LogP contribution is -2.11. The van der Waals surface area contributed by atoms with Gasteiger partial charge in [0.25, 0.3) is 6.04 Å². The summed E-state index contributed by atoms with van der Waals surface area (Å²) in [5, 5.41) is 0. The molecule has 0 aromatic heterocycles. The number of carbonyl (C=O) groups is 2. The Bertz CT molecular complexity index is 425. The third kappa shape index (κ3) is 5.87. The van der Waals surface area contributed by atoms with Crippen LogP contribution in [0.3, 0.4) is 0 Å². The fourth-order valence-electron chi connectivity index (χ4n) is 2.02. The van der Waals surface area contributed by atoms with Crippen LogP contribution in [0.25, 0.3) is 4.85 Å². The molecule has 5 nitrogen and oxygen atoms in total. The molecule has 0 aromatic carbocycles. The maximum absolute atomic E-state index is 11.7. The van der Waals surface area contributed by atoms with E-state index in [0.29, 0.717) is 0 Å². The van der Waals surface area contributed by atoms with Crippen molar-refractivity contribution in [3.8, 4) is 6.07 Å². The van der Waals surface area contributed by atoms with Gasteiger partial charge in [0.2, 0.25) is 0 Å². The fourth-order valence-corrected chi connectivity index (χ4v) is 2.02. The van der Waals surface area contributed by atoms with Gasteiger partial charge in [0.1, 0.15) is 0 Å². The lowest BCUT2D eigenvalue weighted by Gasteiger charge is -2.07. The van der Waals surface area contributed by atoms with Crippen LogP contribution < -0.4 is 0 Å². The number of carbonyl (C=O) groups excluding carboxylic acids is 2. The van der Waals surface area contributed by atoms with E-state index < -0.39 is 11.9 Å². The first kappa shape index (κ1) is 16.2. The molecule has 0 unspecified atom stereocenters. The highest BCUT2D eigenvalue weighted by molar-refractivity contribution is 5.99. The number of esters is 2. The van der Waals surface area contributed by atoms with Crippen LogP contribution in [0.2, 0.25) is 0 Å². The van der Waals surface area contributed by atoms with E-state index in [1.165, 1.54) is 6.42 Å². The third-order valence-electron chi connectivity index (χ3n) is 2.99. The predicted octanol–water partition coefficient (Wildman–Crippen LogP) is 2.70. The van der Waals surface area contributed by atoms with E-state index in [4.69, 9.17) is 9.47 Å². The molecule has 0 aromatic rings. The zero-order valence-electron chi connectivity index (χ0n) is 12.2. The van der Waals surface area contributed by atoms with Crippen LogP contribution >= 0.6 is 0 Å². The minimum absolute atomic E-state index is 0.0240. The standard InChI is InChI=1S/C15H22NO4/c1-3-19-14(17)10-12(15(18)20-4-2)11-16-13-8-6-5-7-9-13/h10,13H,3-9H2,1-2H3/q+1. The molecule has 0 atom stereocenters. The minimum Gasteiger partial charge on any atom is -0.463 e. The number of hydrogen-bond acceptors (Lipinski definition) is 4. The van der Waals surface area contributed by atoms with Crippen molar-refractivity contribution >= 4 is 11.9 Å². The van der Waals surface area contributed by atoms with E-state index in [2.05, 4.69) is 10.9 Å². The van der Waals surface area contributed by atoms with E-state index in [0.717, 1.165) is 31.8 Å². The van der Waals surface area contributed by atoms with Crippen LogP contribution in [0.4, 0.5) is 0 Å². The third-order valence-corrected chi connectivity index (χ3v) is 2.99. The molecular weight excluding hydrogens is 258 g/mol. The molecule has 0 N–H and O–H groups in total. The summed E-state index contributed by atoms with van der Waals surface area (Å²) in [6.07, 6.45) is 6.62. The highest BCUT2D eigenvalue weighted by Crippen LogP contribution is 2.20. The van der Waals surface area contributed by atoms with E-state index in [1.807, 2.05) is 0 Å². The molecule has 20 heavy (non-hydrogen) atoms. The van der Waals surface area contributed by atoms with Gasteiger partial charge < -0.3 is 9.47 Å². The number of hydrogen-bond donors (Lipinski definition) is 0. The largest absolute Gasteiger partial charge is 0.463 e. The first-order valence-corrected chi connectivity index (χ1v) is 7.18. The van der Waals surface area contributed by atoms with Gasteiger partial charge in [-0.05, 0) is 26.7 Å². The Morgan fingerprint density at radius 3 is 2.40 bits per heavy atom. The van der Waals surface area contributed by atoms with Gasteiger partial charge >= 0.3 is 18.0 Å². The summed E-state index contributed by atoms with van der Waals surface area (Å²) in [5.41, 5.74) is 0.0240. The summed E-state index contributed by atoms with van der Waals surface area (Å²) in [6.45, 7) is 3.91. The Morgan fingerprint density at radius 2 is 1.80 bits per heavy atom. The second-order valence-corrected chi connectivity index (χ2v) is 4.56. The van der Waals surface area contributed by atoms with Crippen molar-refractivity contribution in [3.05, 3.63) is 16.5 Å². The number of rotatable bonds is 4. The highest BCUT2D eigenvalue weighted by Gasteiger charge is 2.22. The quantitative estimate of drug-likeness (QED) is 0.451. The Morgan fingerprint density at radius 1 is 1.15 bits per heavy atom. The van der Waals surface area contributed by atoms with Gasteiger partial charge in [-0.2, -0.15) is 0 Å². The molecule has 0 radical (unpaired) electrons. The molecule has 1 saturated carbocycles. The molecule has 1 fully saturated rings. The van der Waals surface area contributed by atoms with Crippen molar-refractivity contribution in [3.63, 3.8) is 0 Å². The molecule has 1 aliphatic carbocycles. The average molecular weight is 280 g/mol. The van der Waals surface area contributed by atoms with Crippen molar-refractivity contribution in [2.45, 2.75) is 52.0 Å². The maximum atomic E-state index is 11.7. The smallest absolute Gasteiger partial charge is 0.353 e. The summed E-state index contributed by atoms with van der Waals surface area (Å²) in [5.74, 6) is -1.18. The van der Waals surface area contributed by atoms with Gasteiger partial charge in [-0.25, -0.2) is 9.59 Å². The summed E-state index contributed by atoms with van der Waals surface area (Å²) in [6, 6.07) is 2.86. The van der Waals surface area contributed by atoms with Gasteiger partial charge in [0.15, 0.2) is 5.57 Å². The van der Waals surface area contributed by atoms with Gasteiger partial charge in [0.05, 0.1) is 19.3 Å². The normalized spacial score (nSPS) is 16.0. The molecule has 0 amide bonds. The van der Waals surface area contributed by atoms with E-state index in [-0.39, 0.29) is 24.8 Å². The molecule has 1 rings (SSSR count). The van der Waals surface area contributed by atoms with Gasteiger partial charge in [-0.3, -0.25) is 0 Å². The molecule has 5 heteroatoms. The minimum atomic E-state index is -0.597. The fraction of sp³-hybridized carbons (Fsp3) is 0.667. The van der Waals surface area contributed by atoms with Crippen LogP contribution in [0, 0.1) is 6.07 Å². The lowest BCUT2D eigenvalue weighted by atomic mass is 9.96. The molecule has 0 heterocycles.